The molecule has 0 amide bonds. The fraction of sp³-hybridized carbons (Fsp3) is 0.300. The average molecular weight is 335 g/mol. The molecular weight excluding hydrogens is 317 g/mol. The van der Waals surface area contributed by atoms with E-state index >= 15 is 0 Å². The van der Waals surface area contributed by atoms with Crippen molar-refractivity contribution in [3.05, 3.63) is 64.5 Å². The Morgan fingerprint density at radius 2 is 2.04 bits per heavy atom. The Morgan fingerprint density at radius 1 is 1.12 bits per heavy atom. The number of hydrogen-bond donors (Lipinski definition) is 1. The number of aromatic nitrogens is 2. The molecule has 1 N–H and O–H groups in total. The van der Waals surface area contributed by atoms with Crippen molar-refractivity contribution >= 4 is 10.9 Å². The highest BCUT2D eigenvalue weighted by Gasteiger charge is 2.31. The molecule has 5 heteroatoms. The van der Waals surface area contributed by atoms with Gasteiger partial charge in [-0.2, -0.15) is 0 Å². The second kappa shape index (κ2) is 5.49. The van der Waals surface area contributed by atoms with Crippen LogP contribution in [0.3, 0.4) is 0 Å². The molecule has 0 saturated carbocycles. The van der Waals surface area contributed by atoms with Crippen molar-refractivity contribution in [3.63, 3.8) is 0 Å². The summed E-state index contributed by atoms with van der Waals surface area (Å²) >= 11 is 0. The summed E-state index contributed by atoms with van der Waals surface area (Å²) in [7, 11) is 0. The van der Waals surface area contributed by atoms with Crippen LogP contribution < -0.4 is 10.9 Å². The zero-order chi connectivity index (χ0) is 17.0. The maximum absolute atomic E-state index is 13.3. The summed E-state index contributed by atoms with van der Waals surface area (Å²) in [5, 5.41) is 4.34. The van der Waals surface area contributed by atoms with Crippen molar-refractivity contribution in [2.75, 3.05) is 13.1 Å². The van der Waals surface area contributed by atoms with E-state index in [1.807, 2.05) is 10.6 Å². The van der Waals surface area contributed by atoms with Crippen LogP contribution in [0.2, 0.25) is 0 Å². The van der Waals surface area contributed by atoms with Gasteiger partial charge in [0.2, 0.25) is 0 Å². The summed E-state index contributed by atoms with van der Waals surface area (Å²) in [4.78, 5) is 17.0. The van der Waals surface area contributed by atoms with Gasteiger partial charge in [-0.15, -0.1) is 0 Å². The van der Waals surface area contributed by atoms with Crippen molar-refractivity contribution in [2.24, 2.45) is 5.92 Å². The van der Waals surface area contributed by atoms with E-state index in [4.69, 9.17) is 0 Å². The molecule has 2 aromatic heterocycles. The molecule has 4 nitrogen and oxygen atoms in total. The van der Waals surface area contributed by atoms with Crippen molar-refractivity contribution in [2.45, 2.75) is 18.9 Å². The predicted molar refractivity (Wildman–Crippen MR) is 95.1 cm³/mol. The Balaban J connectivity index is 1.64. The Kier molecular flexibility index (Phi) is 3.25. The van der Waals surface area contributed by atoms with Gasteiger partial charge in [-0.25, -0.2) is 4.39 Å². The molecule has 1 fully saturated rings. The molecule has 2 atom stereocenters. The molecule has 2 aliphatic rings. The van der Waals surface area contributed by atoms with E-state index in [1.54, 1.807) is 18.3 Å². The van der Waals surface area contributed by atoms with Gasteiger partial charge < -0.3 is 9.88 Å². The second-order valence-corrected chi connectivity index (χ2v) is 7.14. The molecule has 0 unspecified atom stereocenters. The van der Waals surface area contributed by atoms with E-state index in [9.17, 15) is 9.18 Å². The van der Waals surface area contributed by atoms with Crippen LogP contribution in [0, 0.1) is 11.7 Å². The van der Waals surface area contributed by atoms with Crippen LogP contribution in [0.25, 0.3) is 22.0 Å². The number of piperidine rings is 1. The number of fused-ring (bicyclic) bond motifs is 5. The summed E-state index contributed by atoms with van der Waals surface area (Å²) < 4.78 is 15.3. The van der Waals surface area contributed by atoms with E-state index in [0.717, 1.165) is 48.3 Å². The summed E-state index contributed by atoms with van der Waals surface area (Å²) in [6, 6.07) is 10.4. The van der Waals surface area contributed by atoms with Crippen molar-refractivity contribution in [1.82, 2.24) is 14.9 Å². The fourth-order valence-electron chi connectivity index (χ4n) is 4.22. The highest BCUT2D eigenvalue weighted by Crippen LogP contribution is 2.34. The van der Waals surface area contributed by atoms with Gasteiger partial charge in [0.15, 0.2) is 0 Å². The third kappa shape index (κ3) is 2.46. The molecule has 5 rings (SSSR count). The highest BCUT2D eigenvalue weighted by molar-refractivity contribution is 5.83. The molecule has 1 aromatic carbocycles. The van der Waals surface area contributed by atoms with Crippen LogP contribution in [0.5, 0.6) is 0 Å². The summed E-state index contributed by atoms with van der Waals surface area (Å²) in [6.07, 6.45) is 2.86. The monoisotopic (exact) mass is 335 g/mol. The quantitative estimate of drug-likeness (QED) is 0.744. The van der Waals surface area contributed by atoms with Gasteiger partial charge in [-0.1, -0.05) is 0 Å². The molecule has 2 aliphatic heterocycles. The number of nitrogens with one attached hydrogen (secondary N) is 1. The first kappa shape index (κ1) is 14.8. The zero-order valence-electron chi connectivity index (χ0n) is 13.7. The first-order valence-electron chi connectivity index (χ1n) is 8.68. The minimum absolute atomic E-state index is 0.0586. The van der Waals surface area contributed by atoms with E-state index in [1.165, 1.54) is 12.1 Å². The van der Waals surface area contributed by atoms with Gasteiger partial charge in [0.1, 0.15) is 5.82 Å². The van der Waals surface area contributed by atoms with Gasteiger partial charge in [0.05, 0.1) is 5.52 Å². The maximum atomic E-state index is 13.3. The number of pyridine rings is 2. The molecular formula is C20H18FN3O. The first-order valence-corrected chi connectivity index (χ1v) is 8.68. The molecule has 3 aromatic rings. The van der Waals surface area contributed by atoms with E-state index in [2.05, 4.69) is 16.4 Å². The van der Waals surface area contributed by atoms with Gasteiger partial charge >= 0.3 is 0 Å². The van der Waals surface area contributed by atoms with Crippen molar-refractivity contribution < 1.29 is 4.39 Å². The number of nitrogens with zero attached hydrogens (tertiary/aromatic N) is 2. The lowest BCUT2D eigenvalue weighted by Gasteiger charge is -2.37. The van der Waals surface area contributed by atoms with Crippen LogP contribution in [-0.4, -0.2) is 22.6 Å². The van der Waals surface area contributed by atoms with E-state index in [-0.39, 0.29) is 11.4 Å². The number of hydrogen-bond acceptors (Lipinski definition) is 3. The third-order valence-electron chi connectivity index (χ3n) is 5.44. The predicted octanol–water partition coefficient (Wildman–Crippen LogP) is 2.91. The van der Waals surface area contributed by atoms with Gasteiger partial charge in [-0.3, -0.25) is 9.78 Å². The van der Waals surface area contributed by atoms with Gasteiger partial charge in [0, 0.05) is 54.0 Å². The van der Waals surface area contributed by atoms with Crippen LogP contribution in [-0.2, 0) is 6.54 Å². The Bertz CT molecular complexity index is 1040. The van der Waals surface area contributed by atoms with Crippen LogP contribution >= 0.6 is 0 Å². The molecule has 0 aliphatic carbocycles. The smallest absolute Gasteiger partial charge is 0.251 e. The number of benzene rings is 1. The molecule has 126 valence electrons. The normalized spacial score (nSPS) is 22.0. The number of halogens is 1. The molecule has 4 heterocycles. The largest absolute Gasteiger partial charge is 0.316 e. The minimum atomic E-state index is -0.292. The lowest BCUT2D eigenvalue weighted by Crippen LogP contribution is -2.44. The summed E-state index contributed by atoms with van der Waals surface area (Å²) in [6.45, 7) is 2.72. The highest BCUT2D eigenvalue weighted by atomic mass is 19.1. The number of rotatable bonds is 1. The second-order valence-electron chi connectivity index (χ2n) is 7.14. The van der Waals surface area contributed by atoms with Crippen molar-refractivity contribution in [3.8, 4) is 11.1 Å². The summed E-state index contributed by atoms with van der Waals surface area (Å²) in [5.74, 6) is 0.647. The molecule has 0 radical (unpaired) electrons. The minimum Gasteiger partial charge on any atom is -0.316 e. The van der Waals surface area contributed by atoms with Crippen LogP contribution in [0.1, 0.15) is 18.0 Å². The Morgan fingerprint density at radius 3 is 2.96 bits per heavy atom. The fourth-order valence-corrected chi connectivity index (χ4v) is 4.22. The lowest BCUT2D eigenvalue weighted by molar-refractivity contribution is 0.257. The van der Waals surface area contributed by atoms with Crippen LogP contribution in [0.4, 0.5) is 4.39 Å². The van der Waals surface area contributed by atoms with E-state index in [0.29, 0.717) is 17.4 Å². The van der Waals surface area contributed by atoms with Crippen molar-refractivity contribution in [1.29, 1.82) is 0 Å². The topological polar surface area (TPSA) is 46.9 Å². The SMILES string of the molecule is O=c1cc(-c2cnc3cc(F)ccc3c2)cc2n1C[C@@H]1CNC[C@H]2C1. The summed E-state index contributed by atoms with van der Waals surface area (Å²) in [5.41, 5.74) is 3.58. The van der Waals surface area contributed by atoms with Crippen LogP contribution in [0.15, 0.2) is 47.4 Å². The lowest BCUT2D eigenvalue weighted by atomic mass is 9.83. The van der Waals surface area contributed by atoms with Gasteiger partial charge in [0.25, 0.3) is 5.56 Å². The van der Waals surface area contributed by atoms with Gasteiger partial charge in [-0.05, 0) is 48.7 Å². The maximum Gasteiger partial charge on any atom is 0.251 e. The molecule has 25 heavy (non-hydrogen) atoms. The molecule has 1 saturated heterocycles. The zero-order valence-corrected chi connectivity index (χ0v) is 13.7. The third-order valence-corrected chi connectivity index (χ3v) is 5.44. The van der Waals surface area contributed by atoms with E-state index < -0.39 is 0 Å². The first-order chi connectivity index (χ1) is 12.2. The average Bonchev–Trinajstić information content (AvgIpc) is 2.62. The Labute approximate surface area is 144 Å². The Hall–Kier alpha value is -2.53. The molecule has 0 spiro atoms. The molecule has 2 bridgehead atoms. The standard InChI is InChI=1S/C20H18FN3O/c21-17-2-1-13-4-15(10-23-18(13)7-17)14-5-19-16-3-12(8-22-9-16)11-24(19)20(25)6-14/h1-2,4-7,10,12,16,22H,3,8-9,11H2/t12-,16+/m0/s1.